The summed E-state index contributed by atoms with van der Waals surface area (Å²) in [6.45, 7) is 17.2. The molecule has 24 nitrogen and oxygen atoms in total. The maximum Gasteiger partial charge on any atom is 0.156 e. The molecule has 8 saturated heterocycles. The fraction of sp³-hybridized carbons (Fsp3) is 0.522. The van der Waals surface area contributed by atoms with Crippen molar-refractivity contribution in [3.63, 3.8) is 0 Å². The number of ether oxygens (including phenoxy) is 4. The van der Waals surface area contributed by atoms with Gasteiger partial charge in [0.25, 0.3) is 0 Å². The van der Waals surface area contributed by atoms with Gasteiger partial charge in [0.05, 0.1) is 69.6 Å². The lowest BCUT2D eigenvalue weighted by molar-refractivity contribution is -0.0140. The predicted octanol–water partition coefficient (Wildman–Crippen LogP) is 16.0. The second-order valence-electron chi connectivity index (χ2n) is 35.9. The van der Waals surface area contributed by atoms with Crippen molar-refractivity contribution in [2.45, 2.75) is 182 Å². The Kier molecular flexibility index (Phi) is 20.5. The van der Waals surface area contributed by atoms with Gasteiger partial charge in [-0.3, -0.25) is 22.5 Å². The summed E-state index contributed by atoms with van der Waals surface area (Å²) < 4.78 is 31.4. The van der Waals surface area contributed by atoms with Gasteiger partial charge < -0.3 is 54.0 Å². The van der Waals surface area contributed by atoms with Crippen LogP contribution in [-0.2, 0) is 25.5 Å². The van der Waals surface area contributed by atoms with E-state index in [9.17, 15) is 0 Å². The fourth-order valence-electron chi connectivity index (χ4n) is 22.0. The molecule has 604 valence electrons. The van der Waals surface area contributed by atoms with E-state index < -0.39 is 0 Å². The van der Waals surface area contributed by atoms with Crippen LogP contribution in [0.3, 0.4) is 0 Å². The van der Waals surface area contributed by atoms with Crippen LogP contribution in [0.15, 0.2) is 135 Å². The van der Waals surface area contributed by atoms with Crippen LogP contribution in [0, 0.1) is 10.8 Å². The number of anilines is 1. The maximum absolute atomic E-state index is 5.58. The molecule has 0 radical (unpaired) electrons. The Bertz CT molecular complexity index is 5680. The highest BCUT2D eigenvalue weighted by molar-refractivity contribution is 5.82. The van der Waals surface area contributed by atoms with Crippen LogP contribution in [0.5, 0.6) is 0 Å². The van der Waals surface area contributed by atoms with Crippen molar-refractivity contribution < 1.29 is 18.9 Å². The van der Waals surface area contributed by atoms with Gasteiger partial charge in [-0.15, -0.1) is 0 Å². The van der Waals surface area contributed by atoms with E-state index in [2.05, 4.69) is 195 Å². The zero-order valence-corrected chi connectivity index (χ0v) is 67.3. The first-order chi connectivity index (χ1) is 57.2. The number of imidazole rings is 4. The smallest absolute Gasteiger partial charge is 0.156 e. The summed E-state index contributed by atoms with van der Waals surface area (Å²) in [5, 5.41) is 3.46. The molecule has 12 aromatic heterocycles. The van der Waals surface area contributed by atoms with Crippen LogP contribution in [0.2, 0.25) is 0 Å². The first-order valence-corrected chi connectivity index (χ1v) is 43.9. The second kappa shape index (κ2) is 32.1. The highest BCUT2D eigenvalue weighted by Crippen LogP contribution is 2.49. The van der Waals surface area contributed by atoms with E-state index >= 15 is 0 Å². The molecule has 14 aromatic rings. The molecule has 0 bridgehead atoms. The molecular weight excluding hydrogens is 1450 g/mol. The third-order valence-electron chi connectivity index (χ3n) is 28.7. The van der Waals surface area contributed by atoms with Crippen LogP contribution in [-0.4, -0.2) is 199 Å². The van der Waals surface area contributed by atoms with Gasteiger partial charge in [0, 0.05) is 178 Å². The van der Waals surface area contributed by atoms with Crippen LogP contribution >= 0.6 is 0 Å². The molecule has 0 unspecified atom stereocenters. The maximum atomic E-state index is 5.58. The summed E-state index contributed by atoms with van der Waals surface area (Å²) in [6.07, 6.45) is 49.0. The molecule has 10 aliphatic rings. The minimum absolute atomic E-state index is 0.505. The minimum Gasteiger partial charge on any atom is -0.381 e. The van der Waals surface area contributed by atoms with Crippen molar-refractivity contribution in [1.82, 2.24) is 92.5 Å². The number of aromatic nitrogens is 16. The van der Waals surface area contributed by atoms with E-state index in [1.54, 1.807) is 0 Å². The third-order valence-corrected chi connectivity index (χ3v) is 28.7. The topological polar surface area (TPSA) is 243 Å². The number of nitrogens with zero attached hydrogens (tertiary/aromatic N) is 15. The van der Waals surface area contributed by atoms with Gasteiger partial charge in [0.2, 0.25) is 0 Å². The highest BCUT2D eigenvalue weighted by atomic mass is 16.5. The first kappa shape index (κ1) is 74.2. The zero-order chi connectivity index (χ0) is 77.1. The van der Waals surface area contributed by atoms with Crippen LogP contribution in [0.1, 0.15) is 226 Å². The van der Waals surface area contributed by atoms with Gasteiger partial charge >= 0.3 is 0 Å². The molecule has 10 fully saturated rings. The monoisotopic (exact) mass is 1560 g/mol. The quantitative estimate of drug-likeness (QED) is 0.0808. The van der Waals surface area contributed by atoms with E-state index in [1.165, 1.54) is 156 Å². The average Bonchev–Trinajstić information content (AvgIpc) is 1.50. The minimum atomic E-state index is 0.505. The molecule has 0 atom stereocenters. The molecule has 2 aromatic carbocycles. The number of nitrogens with one attached hydrogen (secondary N) is 5. The molecule has 2 aliphatic carbocycles. The van der Waals surface area contributed by atoms with Crippen LogP contribution in [0.25, 0.3) is 67.2 Å². The number of piperidine rings is 2. The number of benzene rings is 2. The van der Waals surface area contributed by atoms with Crippen LogP contribution < -0.4 is 10.2 Å². The van der Waals surface area contributed by atoms with Crippen LogP contribution in [0.4, 0.5) is 5.69 Å². The molecule has 116 heavy (non-hydrogen) atoms. The molecule has 8 aliphatic heterocycles. The highest BCUT2D eigenvalue weighted by Gasteiger charge is 2.45. The van der Waals surface area contributed by atoms with Crippen molar-refractivity contribution in [3.8, 4) is 0 Å². The summed E-state index contributed by atoms with van der Waals surface area (Å²) in [6, 6.07) is 21.5. The fourth-order valence-corrected chi connectivity index (χ4v) is 22.0. The Balaban J connectivity index is 0.0000000967. The summed E-state index contributed by atoms with van der Waals surface area (Å²) in [7, 11) is 2.24. The summed E-state index contributed by atoms with van der Waals surface area (Å²) in [4.78, 5) is 59.7. The molecule has 0 amide bonds. The number of rotatable bonds is 11. The molecular formula is C92H112N20O4. The molecule has 24 heteroatoms. The van der Waals surface area contributed by atoms with E-state index in [-0.39, 0.29) is 0 Å². The van der Waals surface area contributed by atoms with Crippen molar-refractivity contribution >= 4 is 72.9 Å². The summed E-state index contributed by atoms with van der Waals surface area (Å²) in [5.41, 5.74) is 26.9. The van der Waals surface area contributed by atoms with Gasteiger partial charge in [0.15, 0.2) is 45.2 Å². The Morgan fingerprint density at radius 3 is 1.01 bits per heavy atom. The summed E-state index contributed by atoms with van der Waals surface area (Å²) >= 11 is 0. The van der Waals surface area contributed by atoms with Crippen molar-refractivity contribution in [3.05, 3.63) is 186 Å². The zero-order valence-electron chi connectivity index (χ0n) is 67.3. The van der Waals surface area contributed by atoms with Crippen molar-refractivity contribution in [2.75, 3.05) is 117 Å². The van der Waals surface area contributed by atoms with Gasteiger partial charge in [-0.2, -0.15) is 0 Å². The third kappa shape index (κ3) is 14.7. The lowest BCUT2D eigenvalue weighted by atomic mass is 9.65. The normalized spacial score (nSPS) is 22.1. The number of hydrogen-bond donors (Lipinski definition) is 5. The Morgan fingerprint density at radius 2 is 0.681 bits per heavy atom. The van der Waals surface area contributed by atoms with Gasteiger partial charge in [-0.1, -0.05) is 48.5 Å². The lowest BCUT2D eigenvalue weighted by Crippen LogP contribution is -2.55. The number of aromatic amines is 4. The average molecular weight is 1560 g/mol. The number of H-pyrrole nitrogens is 4. The van der Waals surface area contributed by atoms with E-state index in [0.717, 1.165) is 208 Å². The van der Waals surface area contributed by atoms with E-state index in [1.807, 2.05) is 24.8 Å². The van der Waals surface area contributed by atoms with E-state index in [4.69, 9.17) is 38.9 Å². The standard InChI is InChI=1S/C25H29N5O.C24H27N5O.C22H29N5O.C21H27N5O/c1-2-4-18(5-3-1)16-29-10-6-20(7-11-29)22-17-30-23(28-22)15-27-25-24(30)21(14-26-25)19-8-12-31-13-9-19;1-2-4-19(5-3-1)28-10-6-18(7-11-28)21-16-29-22(27-21)15-26-24-23(29)20(14-25-24)17-8-12-30-13-9-17;1-26-13-22(14-26)6-2-16(3-7-22)18-12-27-19(25-18)11-24-21-20(27)17(10-23-21)15-4-8-28-9-5-15;1-5-21(12-22-13-21)6-2-15(1)17-11-26-18(25-17)10-24-20-19(26)16(9-23-20)14-3-7-27-8-4-14/h1-5,14-15,17,19-20,26H,6-13,16H2;1-5,14-18,25H,6-13H2;10-12,15-16,23H,2-9,13-14H2,1H3;9-11,14-15,22-23H,1-8,12-13H2. The lowest BCUT2D eigenvalue weighted by Gasteiger charge is -2.52. The van der Waals surface area contributed by atoms with Gasteiger partial charge in [-0.25, -0.2) is 39.9 Å². The van der Waals surface area contributed by atoms with Gasteiger partial charge in [0.1, 0.15) is 0 Å². The molecule has 2 spiro atoms. The Labute approximate surface area is 676 Å². The molecule has 24 rings (SSSR count). The first-order valence-electron chi connectivity index (χ1n) is 43.9. The number of likely N-dealkylation sites (tertiary alicyclic amines) is 2. The largest absolute Gasteiger partial charge is 0.381 e. The molecule has 5 N–H and O–H groups in total. The molecule has 2 saturated carbocycles. The molecule has 20 heterocycles. The SMILES string of the molecule is CN1CC2(CCC(c3cn4c(cnc5[nH]cc(C6CCOCC6)c54)n3)CC2)C1.c1[nH]c2ncc3nc(C4CCC5(CC4)CNC5)cn3c2c1C1CCOCC1.c1ccc(CN2CCC(c3cn4c(cnc5[nH]cc(C6CCOCC6)c54)n3)CC2)cc1.c1ccc(N2CCC(c3cn4c(cnc5[nH]cc(C6CCOCC6)c54)n3)CC2)cc1. The Morgan fingerprint density at radius 1 is 0.362 bits per heavy atom. The predicted molar refractivity (Wildman–Crippen MR) is 453 cm³/mol. The number of hydrogen-bond acceptors (Lipinski definition) is 16. The summed E-state index contributed by atoms with van der Waals surface area (Å²) in [5.74, 6) is 4.37. The van der Waals surface area contributed by atoms with Crippen molar-refractivity contribution in [1.29, 1.82) is 0 Å². The van der Waals surface area contributed by atoms with Gasteiger partial charge in [-0.05, 0) is 223 Å². The van der Waals surface area contributed by atoms with E-state index in [0.29, 0.717) is 58.2 Å². The number of para-hydroxylation sites is 1. The second-order valence-corrected chi connectivity index (χ2v) is 35.9. The Hall–Kier alpha value is -9.40. The number of fused-ring (bicyclic) bond motifs is 12. The van der Waals surface area contributed by atoms with Crippen molar-refractivity contribution in [2.24, 2.45) is 10.8 Å².